The second-order valence-corrected chi connectivity index (χ2v) is 2.42. The normalized spacial score (nSPS) is 11.4. The molecule has 4 heteroatoms. The molecule has 0 amide bonds. The van der Waals surface area contributed by atoms with Gasteiger partial charge in [0.2, 0.25) is 0 Å². The summed E-state index contributed by atoms with van der Waals surface area (Å²) in [6.45, 7) is 2.73. The van der Waals surface area contributed by atoms with Crippen molar-refractivity contribution in [1.82, 2.24) is 5.32 Å². The monoisotopic (exact) mass is 174 g/mol. The van der Waals surface area contributed by atoms with Crippen molar-refractivity contribution in [2.45, 2.75) is 13.3 Å². The lowest BCUT2D eigenvalue weighted by atomic mass is 10.4. The van der Waals surface area contributed by atoms with E-state index in [1.165, 1.54) is 13.1 Å². The van der Waals surface area contributed by atoms with Gasteiger partial charge < -0.3 is 15.5 Å². The Kier molecular flexibility index (Phi) is 6.28. The van der Waals surface area contributed by atoms with Gasteiger partial charge in [-0.1, -0.05) is 0 Å². The van der Waals surface area contributed by atoms with E-state index >= 15 is 0 Å². The molecule has 0 atom stereocenters. The van der Waals surface area contributed by atoms with Crippen LogP contribution in [0.4, 0.5) is 4.39 Å². The summed E-state index contributed by atoms with van der Waals surface area (Å²) in [5, 5.41) is 9.65. The lowest BCUT2D eigenvalue weighted by Crippen LogP contribution is -2.10. The van der Waals surface area contributed by atoms with Gasteiger partial charge in [-0.05, 0) is 13.3 Å². The summed E-state index contributed by atoms with van der Waals surface area (Å²) in [5.74, 6) is -0.521. The molecule has 0 bridgehead atoms. The third kappa shape index (κ3) is 5.85. The maximum absolute atomic E-state index is 12.6. The first kappa shape index (κ1) is 11.1. The van der Waals surface area contributed by atoms with Gasteiger partial charge in [0.05, 0.1) is 5.71 Å². The van der Waals surface area contributed by atoms with Crippen LogP contribution < -0.4 is 5.32 Å². The Labute approximate surface area is 72.1 Å². The molecule has 0 aliphatic carbocycles. The fourth-order valence-corrected chi connectivity index (χ4v) is 0.589. The van der Waals surface area contributed by atoms with E-state index in [2.05, 4.69) is 5.32 Å². The molecule has 0 saturated carbocycles. The number of hydrogen-bond acceptors (Lipinski definition) is 3. The van der Waals surface area contributed by atoms with Crippen molar-refractivity contribution in [2.24, 2.45) is 0 Å². The maximum atomic E-state index is 12.6. The molecule has 0 rings (SSSR count). The summed E-state index contributed by atoms with van der Waals surface area (Å²) in [4.78, 5) is 0. The van der Waals surface area contributed by atoms with Crippen LogP contribution in [0.2, 0.25) is 0 Å². The first-order valence-corrected chi connectivity index (χ1v) is 3.82. The van der Waals surface area contributed by atoms with Crippen molar-refractivity contribution in [1.29, 1.82) is 5.41 Å². The van der Waals surface area contributed by atoms with Crippen molar-refractivity contribution in [3.05, 3.63) is 12.0 Å². The van der Waals surface area contributed by atoms with E-state index < -0.39 is 5.83 Å². The first-order chi connectivity index (χ1) is 5.68. The molecule has 0 saturated heterocycles. The summed E-state index contributed by atoms with van der Waals surface area (Å²) in [5.41, 5.74) is -0.0609. The summed E-state index contributed by atoms with van der Waals surface area (Å²) in [6.07, 6.45) is 2.04. The Morgan fingerprint density at radius 1 is 1.67 bits per heavy atom. The predicted molar refractivity (Wildman–Crippen MR) is 47.1 cm³/mol. The van der Waals surface area contributed by atoms with Crippen LogP contribution in [0.25, 0.3) is 0 Å². The van der Waals surface area contributed by atoms with Crippen LogP contribution >= 0.6 is 0 Å². The van der Waals surface area contributed by atoms with Crippen molar-refractivity contribution in [3.63, 3.8) is 0 Å². The molecule has 2 N–H and O–H groups in total. The van der Waals surface area contributed by atoms with Gasteiger partial charge in [-0.15, -0.1) is 0 Å². The summed E-state index contributed by atoms with van der Waals surface area (Å²) in [6, 6.07) is 0. The lowest BCUT2D eigenvalue weighted by molar-refractivity contribution is 0.195. The third-order valence-corrected chi connectivity index (χ3v) is 1.26. The maximum Gasteiger partial charge on any atom is 0.159 e. The number of methoxy groups -OCH3 is 1. The van der Waals surface area contributed by atoms with Crippen LogP contribution in [0.5, 0.6) is 0 Å². The van der Waals surface area contributed by atoms with Crippen molar-refractivity contribution >= 4 is 5.71 Å². The van der Waals surface area contributed by atoms with Gasteiger partial charge in [-0.2, -0.15) is 0 Å². The molecular weight excluding hydrogens is 159 g/mol. The lowest BCUT2D eigenvalue weighted by Gasteiger charge is -1.99. The molecule has 3 nitrogen and oxygen atoms in total. The number of rotatable bonds is 6. The Morgan fingerprint density at radius 2 is 2.33 bits per heavy atom. The minimum absolute atomic E-state index is 0.0609. The Morgan fingerprint density at radius 3 is 2.83 bits per heavy atom. The molecular formula is C8H15FN2O. The standard InChI is InChI=1S/C8H15FN2O/c1-7(10)8(9)6-11-4-3-5-12-2/h6,10-11H,3-5H2,1-2H3/b8-6-,10-7?. The second-order valence-electron chi connectivity index (χ2n) is 2.42. The Balaban J connectivity index is 3.40. The van der Waals surface area contributed by atoms with Gasteiger partial charge in [-0.3, -0.25) is 0 Å². The highest BCUT2D eigenvalue weighted by Gasteiger charge is 1.94. The van der Waals surface area contributed by atoms with Crippen LogP contribution in [-0.2, 0) is 4.74 Å². The molecule has 0 aliphatic rings. The SMILES string of the molecule is COCCCN/C=C(\F)C(C)=N. The van der Waals surface area contributed by atoms with Crippen molar-refractivity contribution in [2.75, 3.05) is 20.3 Å². The van der Waals surface area contributed by atoms with Gasteiger partial charge in [0, 0.05) is 26.5 Å². The fourth-order valence-electron chi connectivity index (χ4n) is 0.589. The second kappa shape index (κ2) is 6.79. The van der Waals surface area contributed by atoms with Crippen LogP contribution in [0, 0.1) is 5.41 Å². The average molecular weight is 174 g/mol. The number of halogens is 1. The molecule has 0 spiro atoms. The molecule has 70 valence electrons. The minimum atomic E-state index is -0.521. The van der Waals surface area contributed by atoms with Crippen LogP contribution in [0.1, 0.15) is 13.3 Å². The highest BCUT2D eigenvalue weighted by Crippen LogP contribution is 1.94. The summed E-state index contributed by atoms with van der Waals surface area (Å²) in [7, 11) is 1.62. The van der Waals surface area contributed by atoms with Gasteiger partial charge >= 0.3 is 0 Å². The zero-order valence-electron chi connectivity index (χ0n) is 7.48. The van der Waals surface area contributed by atoms with Gasteiger partial charge in [0.1, 0.15) is 0 Å². The molecule has 0 aromatic rings. The zero-order valence-corrected chi connectivity index (χ0v) is 7.48. The Hall–Kier alpha value is -0.900. The molecule has 0 aromatic carbocycles. The minimum Gasteiger partial charge on any atom is -0.388 e. The predicted octanol–water partition coefficient (Wildman–Crippen LogP) is 1.46. The van der Waals surface area contributed by atoms with E-state index in [-0.39, 0.29) is 5.71 Å². The summed E-state index contributed by atoms with van der Waals surface area (Å²) >= 11 is 0. The van der Waals surface area contributed by atoms with Crippen molar-refractivity contribution in [3.8, 4) is 0 Å². The van der Waals surface area contributed by atoms with Gasteiger partial charge in [0.15, 0.2) is 5.83 Å². The van der Waals surface area contributed by atoms with E-state index in [1.54, 1.807) is 7.11 Å². The third-order valence-electron chi connectivity index (χ3n) is 1.26. The number of ether oxygens (including phenoxy) is 1. The Bertz CT molecular complexity index is 168. The van der Waals surface area contributed by atoms with Gasteiger partial charge in [0.25, 0.3) is 0 Å². The highest BCUT2D eigenvalue weighted by molar-refractivity contribution is 5.93. The summed E-state index contributed by atoms with van der Waals surface area (Å²) < 4.78 is 17.4. The van der Waals surface area contributed by atoms with Crippen LogP contribution in [-0.4, -0.2) is 26.0 Å². The van der Waals surface area contributed by atoms with Crippen molar-refractivity contribution < 1.29 is 9.13 Å². The molecule has 0 aromatic heterocycles. The number of nitrogens with one attached hydrogen (secondary N) is 2. The molecule has 0 unspecified atom stereocenters. The van der Waals surface area contributed by atoms with E-state index in [0.717, 1.165) is 6.42 Å². The smallest absolute Gasteiger partial charge is 0.159 e. The molecule has 0 aliphatic heterocycles. The zero-order chi connectivity index (χ0) is 9.40. The highest BCUT2D eigenvalue weighted by atomic mass is 19.1. The average Bonchev–Trinajstić information content (AvgIpc) is 2.03. The van der Waals surface area contributed by atoms with Crippen LogP contribution in [0.15, 0.2) is 12.0 Å². The van der Waals surface area contributed by atoms with E-state index in [1.807, 2.05) is 0 Å². The molecule has 0 heterocycles. The van der Waals surface area contributed by atoms with E-state index in [0.29, 0.717) is 13.2 Å². The van der Waals surface area contributed by atoms with E-state index in [4.69, 9.17) is 10.1 Å². The topological polar surface area (TPSA) is 45.1 Å². The first-order valence-electron chi connectivity index (χ1n) is 3.82. The van der Waals surface area contributed by atoms with Gasteiger partial charge in [-0.25, -0.2) is 4.39 Å². The molecule has 0 fully saturated rings. The number of allylic oxidation sites excluding steroid dienone is 1. The largest absolute Gasteiger partial charge is 0.388 e. The fraction of sp³-hybridized carbons (Fsp3) is 0.625. The van der Waals surface area contributed by atoms with Crippen LogP contribution in [0.3, 0.4) is 0 Å². The number of hydrogen-bond donors (Lipinski definition) is 2. The van der Waals surface area contributed by atoms with E-state index in [9.17, 15) is 4.39 Å². The molecule has 0 radical (unpaired) electrons. The quantitative estimate of drug-likeness (QED) is 0.473. The molecule has 12 heavy (non-hydrogen) atoms.